The van der Waals surface area contributed by atoms with Crippen molar-refractivity contribution in [1.29, 1.82) is 5.26 Å². The lowest BCUT2D eigenvalue weighted by molar-refractivity contribution is -0.120. The first kappa shape index (κ1) is 15.7. The summed E-state index contributed by atoms with van der Waals surface area (Å²) < 4.78 is 0. The fraction of sp³-hybridized carbons (Fsp3) is 0.312. The van der Waals surface area contributed by atoms with Crippen LogP contribution in [0.25, 0.3) is 0 Å². The van der Waals surface area contributed by atoms with Gasteiger partial charge in [0.15, 0.2) is 6.61 Å². The molecule has 1 aliphatic carbocycles. The van der Waals surface area contributed by atoms with Crippen LogP contribution in [0.2, 0.25) is 0 Å². The zero-order valence-corrected chi connectivity index (χ0v) is 14.0. The Morgan fingerprint density at radius 2 is 2.35 bits per heavy atom. The highest BCUT2D eigenvalue weighted by molar-refractivity contribution is 7.16. The molecule has 7 heteroatoms. The fourth-order valence-electron chi connectivity index (χ4n) is 2.48. The second kappa shape index (κ2) is 7.40. The van der Waals surface area contributed by atoms with Crippen molar-refractivity contribution < 1.29 is 9.63 Å². The summed E-state index contributed by atoms with van der Waals surface area (Å²) in [6.45, 7) is -0.171. The van der Waals surface area contributed by atoms with Crippen molar-refractivity contribution in [2.24, 2.45) is 5.16 Å². The lowest BCUT2D eigenvalue weighted by atomic mass is 9.96. The number of aryl methyl sites for hydroxylation is 1. The molecule has 0 fully saturated rings. The molecule has 0 saturated carbocycles. The summed E-state index contributed by atoms with van der Waals surface area (Å²) in [4.78, 5) is 19.1. The predicted octanol–water partition coefficient (Wildman–Crippen LogP) is 3.55. The van der Waals surface area contributed by atoms with Crippen molar-refractivity contribution in [3.63, 3.8) is 0 Å². The zero-order chi connectivity index (χ0) is 16.1. The maximum Gasteiger partial charge on any atom is 0.265 e. The Hall–Kier alpha value is -2.17. The Balaban J connectivity index is 1.58. The van der Waals surface area contributed by atoms with E-state index in [4.69, 9.17) is 4.84 Å². The summed E-state index contributed by atoms with van der Waals surface area (Å²) in [5.74, 6) is -0.302. The van der Waals surface area contributed by atoms with Crippen LogP contribution in [0, 0.1) is 11.3 Å². The molecule has 0 aromatic carbocycles. The number of hydrogen-bond acceptors (Lipinski definition) is 6. The predicted molar refractivity (Wildman–Crippen MR) is 92.2 cm³/mol. The van der Waals surface area contributed by atoms with Crippen molar-refractivity contribution in [3.05, 3.63) is 38.4 Å². The van der Waals surface area contributed by atoms with Gasteiger partial charge in [-0.05, 0) is 42.7 Å². The number of amides is 1. The smallest absolute Gasteiger partial charge is 0.265 e. The molecule has 5 nitrogen and oxygen atoms in total. The van der Waals surface area contributed by atoms with E-state index in [9.17, 15) is 10.1 Å². The van der Waals surface area contributed by atoms with Gasteiger partial charge in [0.25, 0.3) is 5.91 Å². The van der Waals surface area contributed by atoms with Gasteiger partial charge >= 0.3 is 0 Å². The summed E-state index contributed by atoms with van der Waals surface area (Å²) in [7, 11) is 0. The molecule has 0 saturated heterocycles. The molecule has 2 aromatic rings. The number of nitrogens with zero attached hydrogens (tertiary/aromatic N) is 2. The van der Waals surface area contributed by atoms with Crippen molar-refractivity contribution in [2.75, 3.05) is 11.9 Å². The number of hydrogen-bond donors (Lipinski definition) is 1. The van der Waals surface area contributed by atoms with Crippen LogP contribution in [-0.4, -0.2) is 18.7 Å². The van der Waals surface area contributed by atoms with Gasteiger partial charge in [-0.1, -0.05) is 11.2 Å². The summed E-state index contributed by atoms with van der Waals surface area (Å²) in [6.07, 6.45) is 5.74. The van der Waals surface area contributed by atoms with Crippen LogP contribution in [0.4, 0.5) is 5.00 Å². The number of thiophene rings is 2. The van der Waals surface area contributed by atoms with Crippen molar-refractivity contribution in [1.82, 2.24) is 0 Å². The topological polar surface area (TPSA) is 74.5 Å². The minimum Gasteiger partial charge on any atom is -0.386 e. The molecule has 23 heavy (non-hydrogen) atoms. The van der Waals surface area contributed by atoms with E-state index in [2.05, 4.69) is 16.5 Å². The number of nitriles is 1. The molecule has 1 N–H and O–H groups in total. The largest absolute Gasteiger partial charge is 0.386 e. The SMILES string of the molecule is N#Cc1c(NC(=O)CO/N=C/c2cccs2)sc2c1CCCC2. The lowest BCUT2D eigenvalue weighted by Gasteiger charge is -2.09. The minimum atomic E-state index is -0.302. The first-order valence-electron chi connectivity index (χ1n) is 7.31. The molecule has 0 unspecified atom stereocenters. The van der Waals surface area contributed by atoms with E-state index in [1.165, 1.54) is 16.2 Å². The maximum absolute atomic E-state index is 11.9. The van der Waals surface area contributed by atoms with Gasteiger partial charge in [-0.15, -0.1) is 22.7 Å². The number of anilines is 1. The molecule has 1 aliphatic rings. The number of fused-ring (bicyclic) bond motifs is 1. The second-order valence-corrected chi connectivity index (χ2v) is 7.18. The van der Waals surface area contributed by atoms with Crippen LogP contribution in [0.3, 0.4) is 0 Å². The average molecular weight is 345 g/mol. The highest BCUT2D eigenvalue weighted by Crippen LogP contribution is 2.37. The van der Waals surface area contributed by atoms with Crippen LogP contribution in [0.5, 0.6) is 0 Å². The fourth-order valence-corrected chi connectivity index (χ4v) is 4.32. The van der Waals surface area contributed by atoms with E-state index in [1.807, 2.05) is 17.5 Å². The zero-order valence-electron chi connectivity index (χ0n) is 12.4. The third-order valence-electron chi connectivity index (χ3n) is 3.53. The lowest BCUT2D eigenvalue weighted by Crippen LogP contribution is -2.16. The second-order valence-electron chi connectivity index (χ2n) is 5.10. The van der Waals surface area contributed by atoms with E-state index >= 15 is 0 Å². The van der Waals surface area contributed by atoms with Gasteiger partial charge in [-0.3, -0.25) is 4.79 Å². The van der Waals surface area contributed by atoms with Crippen LogP contribution in [0.1, 0.15) is 33.7 Å². The minimum absolute atomic E-state index is 0.171. The van der Waals surface area contributed by atoms with Crippen molar-refractivity contribution in [2.45, 2.75) is 25.7 Å². The molecule has 0 radical (unpaired) electrons. The van der Waals surface area contributed by atoms with Gasteiger partial charge in [-0.2, -0.15) is 5.26 Å². The maximum atomic E-state index is 11.9. The van der Waals surface area contributed by atoms with Crippen molar-refractivity contribution >= 4 is 39.8 Å². The molecule has 0 atom stereocenters. The molecule has 1 amide bonds. The molecule has 2 aromatic heterocycles. The van der Waals surface area contributed by atoms with Gasteiger partial charge < -0.3 is 10.2 Å². The van der Waals surface area contributed by atoms with Gasteiger partial charge in [0, 0.05) is 9.75 Å². The normalized spacial score (nSPS) is 13.5. The Bertz CT molecular complexity index is 757. The first-order valence-corrected chi connectivity index (χ1v) is 9.01. The Kier molecular flexibility index (Phi) is 5.05. The molecule has 0 aliphatic heterocycles. The van der Waals surface area contributed by atoms with Gasteiger partial charge in [0.2, 0.25) is 0 Å². The number of rotatable bonds is 5. The third-order valence-corrected chi connectivity index (χ3v) is 5.54. The molecule has 3 rings (SSSR count). The van der Waals surface area contributed by atoms with Crippen LogP contribution >= 0.6 is 22.7 Å². The van der Waals surface area contributed by atoms with E-state index in [-0.39, 0.29) is 12.5 Å². The molecular formula is C16H15N3O2S2. The molecular weight excluding hydrogens is 330 g/mol. The highest BCUT2D eigenvalue weighted by Gasteiger charge is 2.21. The van der Waals surface area contributed by atoms with E-state index in [0.29, 0.717) is 10.6 Å². The molecule has 0 bridgehead atoms. The number of nitrogens with one attached hydrogen (secondary N) is 1. The van der Waals surface area contributed by atoms with Crippen molar-refractivity contribution in [3.8, 4) is 6.07 Å². The average Bonchev–Trinajstić information content (AvgIpc) is 3.18. The van der Waals surface area contributed by atoms with Crippen LogP contribution in [-0.2, 0) is 22.5 Å². The Morgan fingerprint density at radius 1 is 1.48 bits per heavy atom. The van der Waals surface area contributed by atoms with Crippen LogP contribution < -0.4 is 5.32 Å². The Labute approximate surface area is 142 Å². The van der Waals surface area contributed by atoms with Gasteiger partial charge in [-0.25, -0.2) is 0 Å². The molecule has 2 heterocycles. The Morgan fingerprint density at radius 3 is 3.13 bits per heavy atom. The number of oxime groups is 1. The van der Waals surface area contributed by atoms with Gasteiger partial charge in [0.1, 0.15) is 11.1 Å². The summed E-state index contributed by atoms with van der Waals surface area (Å²) >= 11 is 3.05. The standard InChI is InChI=1S/C16H15N3O2S2/c17-8-13-12-5-1-2-6-14(12)23-16(13)19-15(20)10-21-18-9-11-4-3-7-22-11/h3-4,7,9H,1-2,5-6,10H2,(H,19,20)/b18-9+. The van der Waals surface area contributed by atoms with E-state index < -0.39 is 0 Å². The summed E-state index contributed by atoms with van der Waals surface area (Å²) in [5, 5.41) is 18.5. The van der Waals surface area contributed by atoms with Gasteiger partial charge in [0.05, 0.1) is 11.8 Å². The third kappa shape index (κ3) is 3.78. The quantitative estimate of drug-likeness (QED) is 0.665. The monoisotopic (exact) mass is 345 g/mol. The van der Waals surface area contributed by atoms with Crippen LogP contribution in [0.15, 0.2) is 22.7 Å². The highest BCUT2D eigenvalue weighted by atomic mass is 32.1. The van der Waals surface area contributed by atoms with E-state index in [1.54, 1.807) is 17.6 Å². The summed E-state index contributed by atoms with van der Waals surface area (Å²) in [5.41, 5.74) is 1.72. The number of carbonyl (C=O) groups is 1. The summed E-state index contributed by atoms with van der Waals surface area (Å²) in [6, 6.07) is 6.05. The first-order chi connectivity index (χ1) is 11.3. The number of carbonyl (C=O) groups excluding carboxylic acids is 1. The molecule has 0 spiro atoms. The molecule has 118 valence electrons. The van der Waals surface area contributed by atoms with E-state index in [0.717, 1.165) is 36.1 Å².